The lowest BCUT2D eigenvalue weighted by molar-refractivity contribution is -0.144. The van der Waals surface area contributed by atoms with Crippen molar-refractivity contribution in [2.45, 2.75) is 19.8 Å². The van der Waals surface area contributed by atoms with E-state index in [1.165, 1.54) is 6.92 Å². The Morgan fingerprint density at radius 2 is 1.78 bits per heavy atom. The maximum atomic E-state index is 11.0. The highest BCUT2D eigenvalue weighted by molar-refractivity contribution is 7.51. The van der Waals surface area contributed by atoms with E-state index < -0.39 is 25.7 Å². The summed E-state index contributed by atoms with van der Waals surface area (Å²) in [5.41, 5.74) is 0.286. The lowest BCUT2D eigenvalue weighted by atomic mass is 10.4. The van der Waals surface area contributed by atoms with Gasteiger partial charge in [-0.05, 0) is 6.92 Å². The van der Waals surface area contributed by atoms with Crippen molar-refractivity contribution in [2.75, 3.05) is 19.4 Å². The fourth-order valence-electron chi connectivity index (χ4n) is 0.842. The molecule has 0 heterocycles. The summed E-state index contributed by atoms with van der Waals surface area (Å²) in [4.78, 5) is 39.0. The van der Waals surface area contributed by atoms with Crippen LogP contribution in [0.4, 0.5) is 0 Å². The summed E-state index contributed by atoms with van der Waals surface area (Å²) in [5.74, 6) is -1.20. The minimum atomic E-state index is -4.17. The van der Waals surface area contributed by atoms with Gasteiger partial charge in [0.15, 0.2) is 0 Å². The highest BCUT2D eigenvalue weighted by Gasteiger charge is 2.15. The summed E-state index contributed by atoms with van der Waals surface area (Å²) < 4.78 is 19.9. The zero-order chi connectivity index (χ0) is 14.2. The lowest BCUT2D eigenvalue weighted by Gasteiger charge is -2.06. The van der Waals surface area contributed by atoms with Gasteiger partial charge in [0.25, 0.3) is 0 Å². The van der Waals surface area contributed by atoms with Crippen LogP contribution in [0, 0.1) is 0 Å². The second kappa shape index (κ2) is 8.02. The lowest BCUT2D eigenvalue weighted by Crippen LogP contribution is -2.11. The maximum Gasteiger partial charge on any atom is 0.333 e. The van der Waals surface area contributed by atoms with Crippen molar-refractivity contribution >= 4 is 19.5 Å². The van der Waals surface area contributed by atoms with Gasteiger partial charge in [-0.25, -0.2) is 4.79 Å². The third-order valence-corrected chi connectivity index (χ3v) is 2.55. The van der Waals surface area contributed by atoms with Gasteiger partial charge < -0.3 is 19.3 Å². The molecule has 0 rings (SSSR count). The number of hydrogen-bond acceptors (Lipinski definition) is 5. The van der Waals surface area contributed by atoms with Gasteiger partial charge in [0.2, 0.25) is 0 Å². The molecule has 0 aromatic heterocycles. The Morgan fingerprint density at radius 3 is 2.28 bits per heavy atom. The fourth-order valence-corrected chi connectivity index (χ4v) is 1.32. The van der Waals surface area contributed by atoms with Gasteiger partial charge in [-0.1, -0.05) is 6.58 Å². The predicted molar refractivity (Wildman–Crippen MR) is 62.9 cm³/mol. The topological polar surface area (TPSA) is 110 Å². The summed E-state index contributed by atoms with van der Waals surface area (Å²) >= 11 is 0. The SMILES string of the molecule is C=C(C)C(=O)OCCCOC(=O)CCP(=O)(O)O. The van der Waals surface area contributed by atoms with Crippen LogP contribution in [0.2, 0.25) is 0 Å². The molecule has 0 aromatic carbocycles. The zero-order valence-electron chi connectivity index (χ0n) is 10.1. The first-order valence-corrected chi connectivity index (χ1v) is 7.05. The molecular weight excluding hydrogens is 263 g/mol. The highest BCUT2D eigenvalue weighted by Crippen LogP contribution is 2.34. The minimum Gasteiger partial charge on any atom is -0.466 e. The average molecular weight is 280 g/mol. The normalized spacial score (nSPS) is 10.8. The Hall–Kier alpha value is -1.17. The standard InChI is InChI=1S/C10H17O7P/c1-8(2)10(12)17-6-3-5-16-9(11)4-7-18(13,14)15/h1,3-7H2,2H3,(H2,13,14,15). The molecule has 0 fully saturated rings. The van der Waals surface area contributed by atoms with Gasteiger partial charge in [-0.3, -0.25) is 9.36 Å². The summed E-state index contributed by atoms with van der Waals surface area (Å²) in [6.45, 7) is 5.04. The Morgan fingerprint density at radius 1 is 1.22 bits per heavy atom. The summed E-state index contributed by atoms with van der Waals surface area (Å²) in [5, 5.41) is 0. The van der Waals surface area contributed by atoms with E-state index in [0.717, 1.165) is 0 Å². The number of carbonyl (C=O) groups excluding carboxylic acids is 2. The van der Waals surface area contributed by atoms with Crippen LogP contribution in [0.3, 0.4) is 0 Å². The van der Waals surface area contributed by atoms with Crippen LogP contribution in [-0.2, 0) is 23.6 Å². The van der Waals surface area contributed by atoms with Crippen molar-refractivity contribution in [3.05, 3.63) is 12.2 Å². The van der Waals surface area contributed by atoms with Gasteiger partial charge >= 0.3 is 19.5 Å². The van der Waals surface area contributed by atoms with E-state index >= 15 is 0 Å². The first kappa shape index (κ1) is 16.8. The fraction of sp³-hybridized carbons (Fsp3) is 0.600. The molecular formula is C10H17O7P. The molecule has 0 saturated carbocycles. The predicted octanol–water partition coefficient (Wildman–Crippen LogP) is 0.607. The highest BCUT2D eigenvalue weighted by atomic mass is 31.2. The van der Waals surface area contributed by atoms with Gasteiger partial charge in [-0.2, -0.15) is 0 Å². The average Bonchev–Trinajstić information content (AvgIpc) is 2.24. The molecule has 8 heteroatoms. The van der Waals surface area contributed by atoms with Gasteiger partial charge in [0.1, 0.15) is 0 Å². The van der Waals surface area contributed by atoms with Crippen molar-refractivity contribution < 1.29 is 33.4 Å². The first-order valence-electron chi connectivity index (χ1n) is 5.25. The molecule has 0 radical (unpaired) electrons. The quantitative estimate of drug-likeness (QED) is 0.290. The molecule has 0 unspecified atom stereocenters. The van der Waals surface area contributed by atoms with Crippen molar-refractivity contribution in [3.8, 4) is 0 Å². The van der Waals surface area contributed by atoms with Crippen LogP contribution < -0.4 is 0 Å². The van der Waals surface area contributed by atoms with Crippen molar-refractivity contribution in [1.82, 2.24) is 0 Å². The van der Waals surface area contributed by atoms with E-state index in [4.69, 9.17) is 14.5 Å². The molecule has 0 aliphatic heterocycles. The molecule has 0 aromatic rings. The third kappa shape index (κ3) is 10.0. The number of hydrogen-bond donors (Lipinski definition) is 2. The molecule has 0 spiro atoms. The van der Waals surface area contributed by atoms with Crippen molar-refractivity contribution in [1.29, 1.82) is 0 Å². The van der Waals surface area contributed by atoms with Crippen LogP contribution in [-0.4, -0.2) is 41.1 Å². The number of esters is 2. The van der Waals surface area contributed by atoms with E-state index in [0.29, 0.717) is 6.42 Å². The molecule has 0 atom stereocenters. The summed E-state index contributed by atoms with van der Waals surface area (Å²) in [6.07, 6.45) is -0.549. The molecule has 18 heavy (non-hydrogen) atoms. The Labute approximate surface area is 105 Å². The Bertz CT molecular complexity index is 357. The second-order valence-electron chi connectivity index (χ2n) is 3.63. The van der Waals surface area contributed by atoms with E-state index in [1.54, 1.807) is 0 Å². The van der Waals surface area contributed by atoms with E-state index in [2.05, 4.69) is 11.3 Å². The van der Waals surface area contributed by atoms with E-state index in [1.807, 2.05) is 0 Å². The monoisotopic (exact) mass is 280 g/mol. The summed E-state index contributed by atoms with van der Waals surface area (Å²) in [7, 11) is -4.17. The molecule has 0 amide bonds. The molecule has 0 aliphatic carbocycles. The molecule has 104 valence electrons. The third-order valence-electron chi connectivity index (χ3n) is 1.74. The second-order valence-corrected chi connectivity index (χ2v) is 5.41. The van der Waals surface area contributed by atoms with Crippen LogP contribution in [0.5, 0.6) is 0 Å². The van der Waals surface area contributed by atoms with Crippen molar-refractivity contribution in [3.63, 3.8) is 0 Å². The maximum absolute atomic E-state index is 11.0. The van der Waals surface area contributed by atoms with Crippen LogP contribution in [0.15, 0.2) is 12.2 Å². The Kier molecular flexibility index (Phi) is 7.50. The van der Waals surface area contributed by atoms with Crippen LogP contribution in [0.1, 0.15) is 19.8 Å². The number of carbonyl (C=O) groups is 2. The smallest absolute Gasteiger partial charge is 0.333 e. The first-order chi connectivity index (χ1) is 8.22. The molecule has 0 saturated heterocycles. The van der Waals surface area contributed by atoms with Gasteiger partial charge in [-0.15, -0.1) is 0 Å². The zero-order valence-corrected chi connectivity index (χ0v) is 11.0. The largest absolute Gasteiger partial charge is 0.466 e. The molecule has 7 nitrogen and oxygen atoms in total. The number of rotatable bonds is 8. The van der Waals surface area contributed by atoms with Crippen molar-refractivity contribution in [2.24, 2.45) is 0 Å². The minimum absolute atomic E-state index is 0.0312. The molecule has 0 aliphatic rings. The van der Waals surface area contributed by atoms with Gasteiger partial charge in [0, 0.05) is 12.0 Å². The number of ether oxygens (including phenoxy) is 2. The summed E-state index contributed by atoms with van der Waals surface area (Å²) in [6, 6.07) is 0. The van der Waals surface area contributed by atoms with E-state index in [-0.39, 0.29) is 25.2 Å². The van der Waals surface area contributed by atoms with Gasteiger partial charge in [0.05, 0.1) is 25.8 Å². The van der Waals surface area contributed by atoms with Crippen LogP contribution in [0.25, 0.3) is 0 Å². The molecule has 0 bridgehead atoms. The van der Waals surface area contributed by atoms with E-state index in [9.17, 15) is 14.2 Å². The van der Waals surface area contributed by atoms with Crippen LogP contribution >= 0.6 is 7.60 Å². The molecule has 2 N–H and O–H groups in total. The Balaban J connectivity index is 3.55.